The predicted molar refractivity (Wildman–Crippen MR) is 82.9 cm³/mol. The van der Waals surface area contributed by atoms with E-state index in [0.29, 0.717) is 6.54 Å². The molecule has 0 aliphatic carbocycles. The van der Waals surface area contributed by atoms with Crippen molar-refractivity contribution in [2.24, 2.45) is 0 Å². The molecule has 3 heteroatoms. The molecule has 0 atom stereocenters. The first kappa shape index (κ1) is 14.7. The molecule has 21 heavy (non-hydrogen) atoms. The largest absolute Gasteiger partial charge is 0.465 e. The van der Waals surface area contributed by atoms with Crippen LogP contribution in [0.4, 0.5) is 4.79 Å². The van der Waals surface area contributed by atoms with E-state index in [2.05, 4.69) is 5.92 Å². The van der Waals surface area contributed by atoms with E-state index in [1.165, 1.54) is 4.90 Å². The van der Waals surface area contributed by atoms with Crippen molar-refractivity contribution in [3.63, 3.8) is 0 Å². The minimum atomic E-state index is -1.12. The minimum absolute atomic E-state index is 0.295. The number of amides is 1. The predicted octanol–water partition coefficient (Wildman–Crippen LogP) is 3.56. The molecule has 1 amide bonds. The second kappa shape index (κ2) is 6.15. The number of benzene rings is 2. The Balaban J connectivity index is 2.75. The second-order valence-corrected chi connectivity index (χ2v) is 4.61. The van der Waals surface area contributed by atoms with Crippen molar-refractivity contribution in [3.05, 3.63) is 71.8 Å². The number of terminal acetylenes is 1. The highest BCUT2D eigenvalue weighted by Gasteiger charge is 2.40. The highest BCUT2D eigenvalue weighted by molar-refractivity contribution is 5.70. The molecule has 0 aromatic heterocycles. The van der Waals surface area contributed by atoms with Crippen LogP contribution in [-0.4, -0.2) is 22.6 Å². The van der Waals surface area contributed by atoms with Crippen LogP contribution < -0.4 is 0 Å². The van der Waals surface area contributed by atoms with Crippen LogP contribution in [0, 0.1) is 12.3 Å². The normalized spacial score (nSPS) is 10.7. The summed E-state index contributed by atoms with van der Waals surface area (Å²) in [6.07, 6.45) is 4.79. The van der Waals surface area contributed by atoms with E-state index < -0.39 is 11.6 Å². The molecular weight excluding hydrogens is 262 g/mol. The van der Waals surface area contributed by atoms with Gasteiger partial charge in [0.1, 0.15) is 0 Å². The van der Waals surface area contributed by atoms with Crippen LogP contribution in [0.5, 0.6) is 0 Å². The fourth-order valence-electron chi connectivity index (χ4n) is 2.60. The molecule has 1 N–H and O–H groups in total. The Bertz CT molecular complexity index is 604. The molecule has 0 fully saturated rings. The third kappa shape index (κ3) is 2.48. The van der Waals surface area contributed by atoms with E-state index in [1.807, 2.05) is 60.7 Å². The number of carbonyl (C=O) groups is 1. The summed E-state index contributed by atoms with van der Waals surface area (Å²) in [4.78, 5) is 13.0. The van der Waals surface area contributed by atoms with Crippen molar-refractivity contribution in [2.45, 2.75) is 12.5 Å². The van der Waals surface area contributed by atoms with Crippen molar-refractivity contribution in [1.29, 1.82) is 0 Å². The van der Waals surface area contributed by atoms with Gasteiger partial charge < -0.3 is 5.11 Å². The van der Waals surface area contributed by atoms with Crippen molar-refractivity contribution >= 4 is 6.09 Å². The minimum Gasteiger partial charge on any atom is -0.465 e. The lowest BCUT2D eigenvalue weighted by atomic mass is 9.82. The molecule has 2 aromatic rings. The molecule has 0 aliphatic heterocycles. The third-order valence-corrected chi connectivity index (χ3v) is 3.54. The zero-order valence-corrected chi connectivity index (χ0v) is 11.9. The Labute approximate surface area is 124 Å². The molecule has 2 rings (SSSR count). The Morgan fingerprint density at radius 1 is 1.10 bits per heavy atom. The molecule has 0 saturated heterocycles. The van der Waals surface area contributed by atoms with Crippen molar-refractivity contribution in [1.82, 2.24) is 4.90 Å². The van der Waals surface area contributed by atoms with Crippen LogP contribution in [0.15, 0.2) is 60.7 Å². The molecule has 0 radical (unpaired) electrons. The van der Waals surface area contributed by atoms with Gasteiger partial charge in [-0.1, -0.05) is 66.6 Å². The van der Waals surface area contributed by atoms with Crippen LogP contribution in [0.3, 0.4) is 0 Å². The highest BCUT2D eigenvalue weighted by atomic mass is 16.4. The van der Waals surface area contributed by atoms with Gasteiger partial charge in [-0.15, -0.1) is 6.42 Å². The fraction of sp³-hybridized carbons (Fsp3) is 0.167. The molecule has 0 spiro atoms. The molecule has 0 heterocycles. The summed E-state index contributed by atoms with van der Waals surface area (Å²) in [5.41, 5.74) is 0.411. The van der Waals surface area contributed by atoms with E-state index in [0.717, 1.165) is 11.1 Å². The average molecular weight is 279 g/mol. The number of rotatable bonds is 4. The topological polar surface area (TPSA) is 40.5 Å². The molecule has 2 aromatic carbocycles. The summed E-state index contributed by atoms with van der Waals surface area (Å²) >= 11 is 0. The van der Waals surface area contributed by atoms with Gasteiger partial charge in [0.05, 0.1) is 0 Å². The zero-order chi connectivity index (χ0) is 15.3. The quantitative estimate of drug-likeness (QED) is 0.869. The van der Waals surface area contributed by atoms with Crippen molar-refractivity contribution in [3.8, 4) is 12.3 Å². The monoisotopic (exact) mass is 279 g/mol. The summed E-state index contributed by atoms with van der Waals surface area (Å²) in [6.45, 7) is 2.08. The van der Waals surface area contributed by atoms with Gasteiger partial charge in [-0.25, -0.2) is 4.79 Å². The van der Waals surface area contributed by atoms with E-state index in [1.54, 1.807) is 6.92 Å². The van der Waals surface area contributed by atoms with Crippen LogP contribution >= 0.6 is 0 Å². The first-order valence-corrected chi connectivity index (χ1v) is 6.76. The smallest absolute Gasteiger partial charge is 0.409 e. The van der Waals surface area contributed by atoms with Gasteiger partial charge in [0.2, 0.25) is 0 Å². The summed E-state index contributed by atoms with van der Waals surface area (Å²) in [5.74, 6) is 2.73. The summed E-state index contributed by atoms with van der Waals surface area (Å²) in [7, 11) is 0. The van der Waals surface area contributed by atoms with Crippen molar-refractivity contribution < 1.29 is 9.90 Å². The lowest BCUT2D eigenvalue weighted by molar-refractivity contribution is 0.118. The maximum Gasteiger partial charge on any atom is 0.409 e. The highest BCUT2D eigenvalue weighted by Crippen LogP contribution is 2.35. The summed E-state index contributed by atoms with van der Waals surface area (Å²) in [6, 6.07) is 18.6. The first-order chi connectivity index (χ1) is 10.2. The third-order valence-electron chi connectivity index (χ3n) is 3.54. The van der Waals surface area contributed by atoms with Gasteiger partial charge >= 0.3 is 6.09 Å². The lowest BCUT2D eigenvalue weighted by Crippen LogP contribution is -2.48. The average Bonchev–Trinajstić information content (AvgIpc) is 2.54. The molecule has 0 aliphatic rings. The molecule has 0 bridgehead atoms. The van der Waals surface area contributed by atoms with Gasteiger partial charge in [0.15, 0.2) is 5.54 Å². The molecular formula is C18H17NO2. The number of hydrogen-bond donors (Lipinski definition) is 1. The van der Waals surface area contributed by atoms with Crippen LogP contribution in [-0.2, 0) is 5.54 Å². The molecule has 0 saturated carbocycles. The van der Waals surface area contributed by atoms with Gasteiger partial charge in [-0.3, -0.25) is 4.90 Å². The van der Waals surface area contributed by atoms with Gasteiger partial charge in [0.25, 0.3) is 0 Å². The van der Waals surface area contributed by atoms with E-state index in [4.69, 9.17) is 6.42 Å². The SMILES string of the molecule is C#CC(c1ccccc1)(c1ccccc1)N(CC)C(=O)O. The van der Waals surface area contributed by atoms with Crippen LogP contribution in [0.1, 0.15) is 18.1 Å². The summed E-state index contributed by atoms with van der Waals surface area (Å²) in [5, 5.41) is 9.59. The maximum absolute atomic E-state index is 11.7. The van der Waals surface area contributed by atoms with Gasteiger partial charge in [-0.05, 0) is 18.1 Å². The fourth-order valence-corrected chi connectivity index (χ4v) is 2.60. The molecule has 3 nitrogen and oxygen atoms in total. The molecule has 0 unspecified atom stereocenters. The van der Waals surface area contributed by atoms with Gasteiger partial charge in [0, 0.05) is 6.54 Å². The maximum atomic E-state index is 11.7. The standard InChI is InChI=1S/C18H17NO2/c1-3-18(19(4-2)17(20)21,15-11-7-5-8-12-15)16-13-9-6-10-14-16/h1,5-14H,4H2,2H3,(H,20,21). The second-order valence-electron chi connectivity index (χ2n) is 4.61. The Kier molecular flexibility index (Phi) is 4.30. The lowest BCUT2D eigenvalue weighted by Gasteiger charge is -2.38. The summed E-state index contributed by atoms with van der Waals surface area (Å²) < 4.78 is 0. The van der Waals surface area contributed by atoms with E-state index >= 15 is 0 Å². The van der Waals surface area contributed by atoms with E-state index in [-0.39, 0.29) is 0 Å². The van der Waals surface area contributed by atoms with Crippen LogP contribution in [0.2, 0.25) is 0 Å². The Morgan fingerprint density at radius 2 is 1.52 bits per heavy atom. The number of hydrogen-bond acceptors (Lipinski definition) is 1. The number of carboxylic acid groups (broad SMARTS) is 1. The zero-order valence-electron chi connectivity index (χ0n) is 11.9. The molecule has 106 valence electrons. The van der Waals surface area contributed by atoms with Crippen molar-refractivity contribution in [2.75, 3.05) is 6.54 Å². The Morgan fingerprint density at radius 3 is 1.81 bits per heavy atom. The Hall–Kier alpha value is -2.73. The first-order valence-electron chi connectivity index (χ1n) is 6.76. The van der Waals surface area contributed by atoms with E-state index in [9.17, 15) is 9.90 Å². The number of nitrogens with zero attached hydrogens (tertiary/aromatic N) is 1. The van der Waals surface area contributed by atoms with Gasteiger partial charge in [-0.2, -0.15) is 0 Å². The van der Waals surface area contributed by atoms with Crippen LogP contribution in [0.25, 0.3) is 0 Å².